The zero-order chi connectivity index (χ0) is 19.8. The first-order valence-corrected chi connectivity index (χ1v) is 10.2. The number of rotatable bonds is 18. The minimum atomic E-state index is -0.0492. The number of methoxy groups -OCH3 is 2. The van der Waals surface area contributed by atoms with Gasteiger partial charge in [-0.05, 0) is 31.1 Å². The fraction of sp³-hybridized carbons (Fsp3) is 1.00. The highest BCUT2D eigenvalue weighted by molar-refractivity contribution is 4.75. The van der Waals surface area contributed by atoms with Crippen LogP contribution < -0.4 is 0 Å². The number of hydrogen-bond acceptors (Lipinski definition) is 5. The third-order valence-corrected chi connectivity index (χ3v) is 5.17. The molecular formula is C21H44O5. The van der Waals surface area contributed by atoms with E-state index in [4.69, 9.17) is 23.7 Å². The lowest BCUT2D eigenvalue weighted by atomic mass is 9.74. The molecule has 0 aromatic heterocycles. The van der Waals surface area contributed by atoms with Crippen LogP contribution in [0.2, 0.25) is 0 Å². The van der Waals surface area contributed by atoms with Crippen LogP contribution in [-0.2, 0) is 23.7 Å². The molecule has 3 atom stereocenters. The smallest absolute Gasteiger partial charge is 0.104 e. The summed E-state index contributed by atoms with van der Waals surface area (Å²) in [5, 5.41) is 0. The molecule has 0 amide bonds. The van der Waals surface area contributed by atoms with Crippen LogP contribution in [0.5, 0.6) is 0 Å². The lowest BCUT2D eigenvalue weighted by Gasteiger charge is -2.32. The van der Waals surface area contributed by atoms with Gasteiger partial charge in [-0.2, -0.15) is 0 Å². The van der Waals surface area contributed by atoms with E-state index in [9.17, 15) is 0 Å². The van der Waals surface area contributed by atoms with Gasteiger partial charge in [0, 0.05) is 27.4 Å². The lowest BCUT2D eigenvalue weighted by Crippen LogP contribution is -2.30. The highest BCUT2D eigenvalue weighted by Gasteiger charge is 2.24. The molecule has 0 aromatic carbocycles. The Bertz CT molecular complexity index is 303. The van der Waals surface area contributed by atoms with E-state index in [0.717, 1.165) is 18.9 Å². The second-order valence-electron chi connectivity index (χ2n) is 7.78. The molecule has 0 saturated heterocycles. The molecule has 0 radical (unpaired) electrons. The first-order valence-electron chi connectivity index (χ1n) is 10.2. The molecule has 0 N–H and O–H groups in total. The summed E-state index contributed by atoms with van der Waals surface area (Å²) < 4.78 is 27.7. The van der Waals surface area contributed by atoms with Gasteiger partial charge in [-0.3, -0.25) is 0 Å². The average Bonchev–Trinajstić information content (AvgIpc) is 2.60. The zero-order valence-electron chi connectivity index (χ0n) is 18.3. The monoisotopic (exact) mass is 376 g/mol. The van der Waals surface area contributed by atoms with Crippen LogP contribution in [0, 0.1) is 11.3 Å². The molecule has 0 heterocycles. The molecule has 26 heavy (non-hydrogen) atoms. The minimum absolute atomic E-state index is 0.0317. The number of ether oxygens (including phenoxy) is 5. The fourth-order valence-corrected chi connectivity index (χ4v) is 3.00. The third-order valence-electron chi connectivity index (χ3n) is 5.17. The van der Waals surface area contributed by atoms with Crippen molar-refractivity contribution in [3.05, 3.63) is 0 Å². The average molecular weight is 377 g/mol. The van der Waals surface area contributed by atoms with Crippen LogP contribution in [0.25, 0.3) is 0 Å². The minimum Gasteiger partial charge on any atom is -0.382 e. The molecule has 0 aliphatic heterocycles. The van der Waals surface area contributed by atoms with Crippen molar-refractivity contribution in [2.45, 2.75) is 72.5 Å². The molecule has 0 bridgehead atoms. The van der Waals surface area contributed by atoms with Crippen molar-refractivity contribution >= 4 is 0 Å². The molecule has 5 nitrogen and oxygen atoms in total. The Kier molecular flexibility index (Phi) is 15.7. The molecule has 0 aliphatic carbocycles. The van der Waals surface area contributed by atoms with E-state index in [0.29, 0.717) is 38.4 Å². The maximum absolute atomic E-state index is 5.81. The summed E-state index contributed by atoms with van der Waals surface area (Å²) in [6, 6.07) is 0. The van der Waals surface area contributed by atoms with Gasteiger partial charge in [0.1, 0.15) is 12.2 Å². The van der Waals surface area contributed by atoms with Gasteiger partial charge >= 0.3 is 0 Å². The van der Waals surface area contributed by atoms with Crippen molar-refractivity contribution in [1.82, 2.24) is 0 Å². The van der Waals surface area contributed by atoms with E-state index in [1.807, 2.05) is 6.92 Å². The molecule has 5 heteroatoms. The normalized spacial score (nSPS) is 15.8. The van der Waals surface area contributed by atoms with Gasteiger partial charge in [-0.15, -0.1) is 0 Å². The molecule has 3 unspecified atom stereocenters. The summed E-state index contributed by atoms with van der Waals surface area (Å²) in [5.74, 6) is 0.748. The van der Waals surface area contributed by atoms with E-state index in [1.165, 1.54) is 19.3 Å². The van der Waals surface area contributed by atoms with Crippen LogP contribution in [0.3, 0.4) is 0 Å². The molecule has 158 valence electrons. The zero-order valence-corrected chi connectivity index (χ0v) is 18.3. The van der Waals surface area contributed by atoms with Crippen LogP contribution in [0.4, 0.5) is 0 Å². The van der Waals surface area contributed by atoms with Crippen molar-refractivity contribution in [1.29, 1.82) is 0 Å². The maximum Gasteiger partial charge on any atom is 0.104 e. The fourth-order valence-electron chi connectivity index (χ4n) is 3.00. The molecule has 0 saturated carbocycles. The molecule has 0 spiro atoms. The Morgan fingerprint density at radius 1 is 0.885 bits per heavy atom. The lowest BCUT2D eigenvalue weighted by molar-refractivity contribution is -0.0814. The van der Waals surface area contributed by atoms with Gasteiger partial charge in [0.15, 0.2) is 0 Å². The Labute approximate surface area is 162 Å². The Morgan fingerprint density at radius 3 is 2.12 bits per heavy atom. The molecule has 0 fully saturated rings. The van der Waals surface area contributed by atoms with Crippen LogP contribution >= 0.6 is 0 Å². The first-order chi connectivity index (χ1) is 12.4. The summed E-state index contributed by atoms with van der Waals surface area (Å²) in [5.41, 5.74) is 0.374. The second-order valence-corrected chi connectivity index (χ2v) is 7.78. The van der Waals surface area contributed by atoms with Gasteiger partial charge in [0.25, 0.3) is 0 Å². The van der Waals surface area contributed by atoms with Crippen molar-refractivity contribution < 1.29 is 23.7 Å². The highest BCUT2D eigenvalue weighted by atomic mass is 16.6. The van der Waals surface area contributed by atoms with Gasteiger partial charge in [-0.25, -0.2) is 0 Å². The van der Waals surface area contributed by atoms with E-state index in [1.54, 1.807) is 14.2 Å². The SMILES string of the molecule is CCCC(C)C(C)(C)CCCOCC(COCC(COC)OCC)OC. The van der Waals surface area contributed by atoms with E-state index in [2.05, 4.69) is 27.7 Å². The molecule has 0 rings (SSSR count). The standard InChI is InChI=1S/C21H44O5/c1-8-11-18(3)21(4,5)12-10-13-24-15-19(23-7)16-25-17-20(14-22-6)26-9-2/h18-20H,8-17H2,1-7H3. The summed E-state index contributed by atoms with van der Waals surface area (Å²) in [6.07, 6.45) is 4.74. The Balaban J connectivity index is 3.91. The van der Waals surface area contributed by atoms with Gasteiger partial charge < -0.3 is 23.7 Å². The Morgan fingerprint density at radius 2 is 1.54 bits per heavy atom. The van der Waals surface area contributed by atoms with Crippen molar-refractivity contribution in [3.8, 4) is 0 Å². The summed E-state index contributed by atoms with van der Waals surface area (Å²) in [6.45, 7) is 14.9. The highest BCUT2D eigenvalue weighted by Crippen LogP contribution is 2.34. The second kappa shape index (κ2) is 15.8. The van der Waals surface area contributed by atoms with Gasteiger partial charge in [0.05, 0.1) is 26.4 Å². The summed E-state index contributed by atoms with van der Waals surface area (Å²) in [7, 11) is 3.37. The molecule has 0 aromatic rings. The van der Waals surface area contributed by atoms with Crippen molar-refractivity contribution in [2.75, 3.05) is 53.9 Å². The summed E-state index contributed by atoms with van der Waals surface area (Å²) >= 11 is 0. The predicted octanol–water partition coefficient (Wildman–Crippen LogP) is 4.33. The van der Waals surface area contributed by atoms with E-state index >= 15 is 0 Å². The first kappa shape index (κ1) is 25.8. The molecular weight excluding hydrogens is 332 g/mol. The third kappa shape index (κ3) is 12.2. The van der Waals surface area contributed by atoms with Crippen LogP contribution in [0.15, 0.2) is 0 Å². The largest absolute Gasteiger partial charge is 0.382 e. The quantitative estimate of drug-likeness (QED) is 0.333. The van der Waals surface area contributed by atoms with Crippen molar-refractivity contribution in [2.24, 2.45) is 11.3 Å². The number of hydrogen-bond donors (Lipinski definition) is 0. The summed E-state index contributed by atoms with van der Waals surface area (Å²) in [4.78, 5) is 0. The van der Waals surface area contributed by atoms with Crippen molar-refractivity contribution in [3.63, 3.8) is 0 Å². The van der Waals surface area contributed by atoms with Crippen LogP contribution in [0.1, 0.15) is 60.3 Å². The predicted molar refractivity (Wildman–Crippen MR) is 107 cm³/mol. The van der Waals surface area contributed by atoms with Gasteiger partial charge in [0.2, 0.25) is 0 Å². The van der Waals surface area contributed by atoms with E-state index in [-0.39, 0.29) is 12.2 Å². The maximum atomic E-state index is 5.81. The molecule has 0 aliphatic rings. The van der Waals surface area contributed by atoms with Crippen LogP contribution in [-0.4, -0.2) is 66.1 Å². The Hall–Kier alpha value is -0.200. The van der Waals surface area contributed by atoms with Gasteiger partial charge in [-0.1, -0.05) is 40.5 Å². The topological polar surface area (TPSA) is 46.2 Å². The van der Waals surface area contributed by atoms with E-state index < -0.39 is 0 Å².